The zero-order valence-electron chi connectivity index (χ0n) is 9.61. The molecule has 1 aromatic rings. The Kier molecular flexibility index (Phi) is 3.58. The molecule has 0 spiro atoms. The zero-order valence-corrected chi connectivity index (χ0v) is 9.61. The van der Waals surface area contributed by atoms with Crippen LogP contribution in [0.3, 0.4) is 0 Å². The van der Waals surface area contributed by atoms with Crippen LogP contribution >= 0.6 is 0 Å². The second kappa shape index (κ2) is 5.14. The van der Waals surface area contributed by atoms with Gasteiger partial charge in [-0.3, -0.25) is 9.59 Å². The number of pyridine rings is 1. The van der Waals surface area contributed by atoms with Gasteiger partial charge in [0.2, 0.25) is 5.56 Å². The Hall–Kier alpha value is -1.62. The molecule has 0 saturated heterocycles. The minimum Gasteiger partial charge on any atom is -0.352 e. The van der Waals surface area contributed by atoms with Crippen LogP contribution in [-0.4, -0.2) is 23.5 Å². The number of carbonyl (C=O) groups excluding carboxylic acids is 1. The topological polar surface area (TPSA) is 88.0 Å². The van der Waals surface area contributed by atoms with Gasteiger partial charge in [0.15, 0.2) is 0 Å². The molecule has 1 heterocycles. The van der Waals surface area contributed by atoms with E-state index in [1.54, 1.807) is 0 Å². The molecule has 2 atom stereocenters. The maximum Gasteiger partial charge on any atom is 0.252 e. The summed E-state index contributed by atoms with van der Waals surface area (Å²) < 4.78 is 0. The van der Waals surface area contributed by atoms with Crippen LogP contribution in [0, 0.1) is 5.92 Å². The first kappa shape index (κ1) is 11.9. The summed E-state index contributed by atoms with van der Waals surface area (Å²) in [6.45, 7) is 0.658. The van der Waals surface area contributed by atoms with Gasteiger partial charge >= 0.3 is 0 Å². The molecule has 92 valence electrons. The van der Waals surface area contributed by atoms with Crippen molar-refractivity contribution in [3.63, 3.8) is 0 Å². The summed E-state index contributed by atoms with van der Waals surface area (Å²) in [5.74, 6) is 0.332. The third kappa shape index (κ3) is 3.17. The molecule has 2 rings (SSSR count). The molecule has 5 nitrogen and oxygen atoms in total. The van der Waals surface area contributed by atoms with Crippen molar-refractivity contribution in [1.82, 2.24) is 10.3 Å². The molecule has 1 aromatic heterocycles. The highest BCUT2D eigenvalue weighted by Crippen LogP contribution is 2.23. The number of nitrogens with one attached hydrogen (secondary N) is 2. The van der Waals surface area contributed by atoms with Crippen LogP contribution in [0.15, 0.2) is 23.1 Å². The lowest BCUT2D eigenvalue weighted by molar-refractivity contribution is 0.0947. The first-order valence-electron chi connectivity index (χ1n) is 5.87. The number of hydrogen-bond donors (Lipinski definition) is 3. The molecule has 5 heteroatoms. The Labute approximate surface area is 99.4 Å². The van der Waals surface area contributed by atoms with Gasteiger partial charge in [0, 0.05) is 24.8 Å². The minimum absolute atomic E-state index is 0.151. The summed E-state index contributed by atoms with van der Waals surface area (Å²) >= 11 is 0. The Morgan fingerprint density at radius 1 is 1.47 bits per heavy atom. The number of rotatable bonds is 3. The van der Waals surface area contributed by atoms with Crippen LogP contribution in [0.1, 0.15) is 29.6 Å². The van der Waals surface area contributed by atoms with Crippen LogP contribution in [-0.2, 0) is 0 Å². The predicted octanol–water partition coefficient (Wildman–Crippen LogP) is 0.232. The van der Waals surface area contributed by atoms with Gasteiger partial charge < -0.3 is 16.0 Å². The molecule has 0 bridgehead atoms. The highest BCUT2D eigenvalue weighted by atomic mass is 16.1. The minimum atomic E-state index is -0.205. The quantitative estimate of drug-likeness (QED) is 0.701. The lowest BCUT2D eigenvalue weighted by Gasteiger charge is -2.10. The van der Waals surface area contributed by atoms with Crippen molar-refractivity contribution in [3.8, 4) is 0 Å². The second-order valence-electron chi connectivity index (χ2n) is 4.59. The lowest BCUT2D eigenvalue weighted by Crippen LogP contribution is -2.29. The lowest BCUT2D eigenvalue weighted by atomic mass is 10.1. The highest BCUT2D eigenvalue weighted by Gasteiger charge is 2.22. The standard InChI is InChI=1S/C12H17N3O2/c13-10-3-1-8(5-10)6-15-12(17)9-2-4-11(16)14-7-9/h2,4,7-8,10H,1,3,5-6,13H2,(H,14,16)(H,15,17). The largest absolute Gasteiger partial charge is 0.352 e. The number of aromatic amines is 1. The molecule has 1 aliphatic carbocycles. The number of aromatic nitrogens is 1. The first-order chi connectivity index (χ1) is 8.15. The fourth-order valence-corrected chi connectivity index (χ4v) is 2.19. The molecule has 1 amide bonds. The van der Waals surface area contributed by atoms with Gasteiger partial charge in [-0.2, -0.15) is 0 Å². The number of H-pyrrole nitrogens is 1. The van der Waals surface area contributed by atoms with Gasteiger partial charge in [0.1, 0.15) is 0 Å². The Balaban J connectivity index is 1.85. The van der Waals surface area contributed by atoms with E-state index in [1.807, 2.05) is 0 Å². The Morgan fingerprint density at radius 2 is 2.29 bits per heavy atom. The summed E-state index contributed by atoms with van der Waals surface area (Å²) in [4.78, 5) is 25.1. The van der Waals surface area contributed by atoms with Crippen LogP contribution in [0.4, 0.5) is 0 Å². The molecule has 1 saturated carbocycles. The van der Waals surface area contributed by atoms with Crippen molar-refractivity contribution in [2.75, 3.05) is 6.54 Å². The van der Waals surface area contributed by atoms with Crippen molar-refractivity contribution in [2.45, 2.75) is 25.3 Å². The van der Waals surface area contributed by atoms with Crippen LogP contribution in [0.25, 0.3) is 0 Å². The van der Waals surface area contributed by atoms with E-state index >= 15 is 0 Å². The van der Waals surface area contributed by atoms with Crippen molar-refractivity contribution < 1.29 is 4.79 Å². The van der Waals surface area contributed by atoms with Gasteiger partial charge in [-0.1, -0.05) is 0 Å². The first-order valence-corrected chi connectivity index (χ1v) is 5.87. The van der Waals surface area contributed by atoms with Gasteiger partial charge in [-0.25, -0.2) is 0 Å². The summed E-state index contributed by atoms with van der Waals surface area (Å²) in [5, 5.41) is 2.86. The highest BCUT2D eigenvalue weighted by molar-refractivity contribution is 5.93. The van der Waals surface area contributed by atoms with E-state index in [2.05, 4.69) is 10.3 Å². The fraction of sp³-hybridized carbons (Fsp3) is 0.500. The second-order valence-corrected chi connectivity index (χ2v) is 4.59. The van der Waals surface area contributed by atoms with Gasteiger partial charge in [-0.05, 0) is 31.2 Å². The van der Waals surface area contributed by atoms with Crippen LogP contribution in [0.2, 0.25) is 0 Å². The molecule has 17 heavy (non-hydrogen) atoms. The van der Waals surface area contributed by atoms with E-state index in [0.29, 0.717) is 18.0 Å². The monoisotopic (exact) mass is 235 g/mol. The summed E-state index contributed by atoms with van der Waals surface area (Å²) in [5.41, 5.74) is 6.08. The van der Waals surface area contributed by atoms with Crippen LogP contribution in [0.5, 0.6) is 0 Å². The van der Waals surface area contributed by atoms with Gasteiger partial charge in [0.05, 0.1) is 5.56 Å². The van der Waals surface area contributed by atoms with E-state index < -0.39 is 0 Å². The summed E-state index contributed by atoms with van der Waals surface area (Å²) in [6.07, 6.45) is 4.52. The van der Waals surface area contributed by atoms with Crippen molar-refractivity contribution in [3.05, 3.63) is 34.2 Å². The molecule has 2 unspecified atom stereocenters. The van der Waals surface area contributed by atoms with Crippen LogP contribution < -0.4 is 16.6 Å². The van der Waals surface area contributed by atoms with E-state index in [1.165, 1.54) is 18.3 Å². The van der Waals surface area contributed by atoms with E-state index in [9.17, 15) is 9.59 Å². The predicted molar refractivity (Wildman–Crippen MR) is 64.7 cm³/mol. The average molecular weight is 235 g/mol. The molecule has 0 aliphatic heterocycles. The third-order valence-electron chi connectivity index (χ3n) is 3.18. The average Bonchev–Trinajstić information content (AvgIpc) is 2.73. The number of hydrogen-bond acceptors (Lipinski definition) is 3. The zero-order chi connectivity index (χ0) is 12.3. The van der Waals surface area contributed by atoms with Gasteiger partial charge in [-0.15, -0.1) is 0 Å². The number of amides is 1. The third-order valence-corrected chi connectivity index (χ3v) is 3.18. The molecule has 1 aliphatic rings. The summed E-state index contributed by atoms with van der Waals surface area (Å²) in [6, 6.07) is 3.15. The van der Waals surface area contributed by atoms with Crippen molar-refractivity contribution in [1.29, 1.82) is 0 Å². The molecule has 4 N–H and O–H groups in total. The molecule has 1 fully saturated rings. The smallest absolute Gasteiger partial charge is 0.252 e. The van der Waals surface area contributed by atoms with Gasteiger partial charge in [0.25, 0.3) is 5.91 Å². The molecular formula is C12H17N3O2. The number of carbonyl (C=O) groups is 1. The van der Waals surface area contributed by atoms with Crippen molar-refractivity contribution in [2.24, 2.45) is 11.7 Å². The molecule has 0 aromatic carbocycles. The molecule has 0 radical (unpaired) electrons. The number of nitrogens with two attached hydrogens (primary N) is 1. The summed E-state index contributed by atoms with van der Waals surface area (Å²) in [7, 11) is 0. The molecular weight excluding hydrogens is 218 g/mol. The normalized spacial score (nSPS) is 23.6. The maximum atomic E-state index is 11.7. The Bertz CT molecular complexity index is 435. The van der Waals surface area contributed by atoms with E-state index in [4.69, 9.17) is 5.73 Å². The SMILES string of the molecule is NC1CCC(CNC(=O)c2ccc(=O)[nH]c2)C1. The Morgan fingerprint density at radius 3 is 2.88 bits per heavy atom. The maximum absolute atomic E-state index is 11.7. The van der Waals surface area contributed by atoms with E-state index in [0.717, 1.165) is 19.3 Å². The fourth-order valence-electron chi connectivity index (χ4n) is 2.19. The van der Waals surface area contributed by atoms with E-state index in [-0.39, 0.29) is 17.5 Å². The van der Waals surface area contributed by atoms with Crippen molar-refractivity contribution >= 4 is 5.91 Å².